The number of aromatic nitrogens is 1. The second-order valence-electron chi connectivity index (χ2n) is 8.10. The number of hydrogen-bond acceptors (Lipinski definition) is 3. The summed E-state index contributed by atoms with van der Waals surface area (Å²) < 4.78 is 0. The van der Waals surface area contributed by atoms with Crippen LogP contribution in [0.15, 0.2) is 84.9 Å². The molecular weight excluding hydrogens is 398 g/mol. The largest absolute Gasteiger partial charge is 0.324 e. The lowest BCUT2D eigenvalue weighted by Gasteiger charge is -2.36. The second-order valence-corrected chi connectivity index (χ2v) is 8.10. The van der Waals surface area contributed by atoms with Crippen molar-refractivity contribution >= 4 is 34.1 Å². The van der Waals surface area contributed by atoms with Crippen molar-refractivity contribution in [2.75, 3.05) is 10.2 Å². The van der Waals surface area contributed by atoms with Crippen LogP contribution in [-0.4, -0.2) is 22.8 Å². The zero-order valence-electron chi connectivity index (χ0n) is 17.8. The van der Waals surface area contributed by atoms with E-state index in [0.717, 1.165) is 39.8 Å². The van der Waals surface area contributed by atoms with Gasteiger partial charge in [-0.15, -0.1) is 0 Å². The van der Waals surface area contributed by atoms with Crippen LogP contribution in [0.3, 0.4) is 0 Å². The molecule has 1 atom stereocenters. The average Bonchev–Trinajstić information content (AvgIpc) is 2.84. The molecular formula is C27H23N3O2. The third-order valence-corrected chi connectivity index (χ3v) is 5.91. The van der Waals surface area contributed by atoms with Crippen molar-refractivity contribution in [1.82, 2.24) is 4.98 Å². The number of hydrogen-bond donors (Lipinski definition) is 1. The number of aryl methyl sites for hydroxylation is 2. The monoisotopic (exact) mass is 421 g/mol. The Kier molecular flexibility index (Phi) is 5.15. The number of pyridine rings is 1. The first-order valence-electron chi connectivity index (χ1n) is 10.7. The van der Waals surface area contributed by atoms with Crippen molar-refractivity contribution in [1.29, 1.82) is 0 Å². The molecule has 1 aliphatic rings. The van der Waals surface area contributed by atoms with Gasteiger partial charge in [-0.3, -0.25) is 14.5 Å². The number of nitrogens with one attached hydrogen (secondary N) is 1. The molecule has 0 radical (unpaired) electrons. The molecule has 0 fully saturated rings. The first-order chi connectivity index (χ1) is 15.6. The Morgan fingerprint density at radius 3 is 2.50 bits per heavy atom. The highest BCUT2D eigenvalue weighted by atomic mass is 16.2. The molecule has 1 aromatic heterocycles. The van der Waals surface area contributed by atoms with Crippen LogP contribution < -0.4 is 10.2 Å². The number of anilines is 2. The molecule has 1 aliphatic heterocycles. The minimum Gasteiger partial charge on any atom is -0.324 e. The molecule has 158 valence electrons. The van der Waals surface area contributed by atoms with E-state index in [1.165, 1.54) is 0 Å². The molecule has 5 nitrogen and oxygen atoms in total. The quantitative estimate of drug-likeness (QED) is 0.498. The Balaban J connectivity index is 1.52. The summed E-state index contributed by atoms with van der Waals surface area (Å²) >= 11 is 0. The fourth-order valence-electron chi connectivity index (χ4n) is 4.22. The molecule has 0 aliphatic carbocycles. The van der Waals surface area contributed by atoms with Gasteiger partial charge in [0.25, 0.3) is 5.91 Å². The summed E-state index contributed by atoms with van der Waals surface area (Å²) in [5.41, 5.74) is 4.74. The number of nitrogens with zero attached hydrogens (tertiary/aromatic N) is 2. The highest BCUT2D eigenvalue weighted by Gasteiger charge is 2.36. The van der Waals surface area contributed by atoms with Crippen molar-refractivity contribution in [3.05, 3.63) is 102 Å². The Morgan fingerprint density at radius 1 is 0.906 bits per heavy atom. The summed E-state index contributed by atoms with van der Waals surface area (Å²) in [6.07, 6.45) is 1.28. The zero-order valence-corrected chi connectivity index (χ0v) is 17.8. The van der Waals surface area contributed by atoms with E-state index in [2.05, 4.69) is 10.3 Å². The van der Waals surface area contributed by atoms with Crippen LogP contribution >= 0.6 is 0 Å². The summed E-state index contributed by atoms with van der Waals surface area (Å²) in [6.45, 7) is 2.00. The molecule has 0 saturated carbocycles. The summed E-state index contributed by atoms with van der Waals surface area (Å²) in [5, 5.41) is 3.95. The van der Waals surface area contributed by atoms with Gasteiger partial charge in [-0.05, 0) is 55.7 Å². The first kappa shape index (κ1) is 19.9. The number of fused-ring (bicyclic) bond motifs is 2. The van der Waals surface area contributed by atoms with E-state index in [1.807, 2.05) is 85.8 Å². The van der Waals surface area contributed by atoms with Crippen molar-refractivity contribution in [2.45, 2.75) is 25.8 Å². The van der Waals surface area contributed by atoms with Crippen molar-refractivity contribution in [3.8, 4) is 0 Å². The van der Waals surface area contributed by atoms with Gasteiger partial charge in [-0.1, -0.05) is 60.2 Å². The number of benzene rings is 3. The van der Waals surface area contributed by atoms with Crippen LogP contribution in [0.25, 0.3) is 10.9 Å². The van der Waals surface area contributed by atoms with Gasteiger partial charge in [0.2, 0.25) is 5.91 Å². The lowest BCUT2D eigenvalue weighted by Crippen LogP contribution is -2.50. The molecule has 3 aromatic carbocycles. The number of rotatable bonds is 3. The van der Waals surface area contributed by atoms with Crippen LogP contribution in [-0.2, 0) is 11.2 Å². The highest BCUT2D eigenvalue weighted by molar-refractivity contribution is 6.12. The molecule has 2 heterocycles. The maximum atomic E-state index is 13.7. The van der Waals surface area contributed by atoms with Gasteiger partial charge in [-0.25, -0.2) is 4.98 Å². The lowest BCUT2D eigenvalue weighted by molar-refractivity contribution is -0.117. The van der Waals surface area contributed by atoms with E-state index in [0.29, 0.717) is 12.1 Å². The summed E-state index contributed by atoms with van der Waals surface area (Å²) in [5.74, 6) is -0.468. The standard InChI is InChI=1S/C27H23N3O2/c1-18-10-14-21(15-11-18)28-26(31)25-17-13-20-7-3-5-9-24(20)30(25)27(32)23-16-12-19-6-2-4-8-22(19)29-23/h2-12,14-16,25H,13,17H2,1H3,(H,28,31). The van der Waals surface area contributed by atoms with Gasteiger partial charge < -0.3 is 5.32 Å². The Bertz CT molecular complexity index is 1310. The molecule has 32 heavy (non-hydrogen) atoms. The van der Waals surface area contributed by atoms with E-state index in [4.69, 9.17) is 0 Å². The number of amides is 2. The summed E-state index contributed by atoms with van der Waals surface area (Å²) in [6, 6.07) is 26.1. The lowest BCUT2D eigenvalue weighted by atomic mass is 9.94. The Morgan fingerprint density at radius 2 is 1.66 bits per heavy atom. The molecule has 0 spiro atoms. The zero-order chi connectivity index (χ0) is 22.1. The Labute approximate surface area is 186 Å². The molecule has 0 saturated heterocycles. The van der Waals surface area contributed by atoms with Gasteiger partial charge in [-0.2, -0.15) is 0 Å². The van der Waals surface area contributed by atoms with E-state index < -0.39 is 6.04 Å². The smallest absolute Gasteiger partial charge is 0.277 e. The fraction of sp³-hybridized carbons (Fsp3) is 0.148. The average molecular weight is 422 g/mol. The Hall–Kier alpha value is -3.99. The molecule has 0 bridgehead atoms. The third-order valence-electron chi connectivity index (χ3n) is 5.91. The van der Waals surface area contributed by atoms with E-state index in [1.54, 1.807) is 11.0 Å². The van der Waals surface area contributed by atoms with Crippen molar-refractivity contribution in [3.63, 3.8) is 0 Å². The SMILES string of the molecule is Cc1ccc(NC(=O)C2CCc3ccccc3N2C(=O)c2ccc3ccccc3n2)cc1. The van der Waals surface area contributed by atoms with Gasteiger partial charge in [0, 0.05) is 16.8 Å². The van der Waals surface area contributed by atoms with Gasteiger partial charge in [0.1, 0.15) is 11.7 Å². The van der Waals surface area contributed by atoms with E-state index in [9.17, 15) is 9.59 Å². The van der Waals surface area contributed by atoms with E-state index in [-0.39, 0.29) is 11.8 Å². The fourth-order valence-corrected chi connectivity index (χ4v) is 4.22. The third kappa shape index (κ3) is 3.73. The molecule has 5 heteroatoms. The molecule has 1 unspecified atom stereocenters. The van der Waals surface area contributed by atoms with Crippen molar-refractivity contribution in [2.24, 2.45) is 0 Å². The van der Waals surface area contributed by atoms with Gasteiger partial charge in [0.15, 0.2) is 0 Å². The van der Waals surface area contributed by atoms with Crippen LogP contribution in [0, 0.1) is 6.92 Å². The van der Waals surface area contributed by atoms with Crippen molar-refractivity contribution < 1.29 is 9.59 Å². The molecule has 2 amide bonds. The molecule has 5 rings (SSSR count). The maximum absolute atomic E-state index is 13.7. The normalized spacial score (nSPS) is 15.3. The molecule has 4 aromatic rings. The number of para-hydroxylation sites is 2. The van der Waals surface area contributed by atoms with Crippen LogP contribution in [0.5, 0.6) is 0 Å². The maximum Gasteiger partial charge on any atom is 0.277 e. The van der Waals surface area contributed by atoms with E-state index >= 15 is 0 Å². The predicted octanol–water partition coefficient (Wildman–Crippen LogP) is 5.14. The topological polar surface area (TPSA) is 62.3 Å². The predicted molar refractivity (Wildman–Crippen MR) is 127 cm³/mol. The van der Waals surface area contributed by atoms with Crippen LogP contribution in [0.2, 0.25) is 0 Å². The van der Waals surface area contributed by atoms with Gasteiger partial charge >= 0.3 is 0 Å². The number of carbonyl (C=O) groups excluding carboxylic acids is 2. The minimum absolute atomic E-state index is 0.197. The second kappa shape index (κ2) is 8.27. The highest BCUT2D eigenvalue weighted by Crippen LogP contribution is 2.32. The number of carbonyl (C=O) groups is 2. The summed E-state index contributed by atoms with van der Waals surface area (Å²) in [4.78, 5) is 33.2. The van der Waals surface area contributed by atoms with Crippen LogP contribution in [0.4, 0.5) is 11.4 Å². The minimum atomic E-state index is -0.619. The molecule has 1 N–H and O–H groups in total. The summed E-state index contributed by atoms with van der Waals surface area (Å²) in [7, 11) is 0. The van der Waals surface area contributed by atoms with Gasteiger partial charge in [0.05, 0.1) is 5.52 Å². The first-order valence-corrected chi connectivity index (χ1v) is 10.7. The van der Waals surface area contributed by atoms with Crippen LogP contribution in [0.1, 0.15) is 28.0 Å².